The van der Waals surface area contributed by atoms with Crippen LogP contribution in [0.4, 0.5) is 0 Å². The molecule has 5 heteroatoms. The Morgan fingerprint density at radius 2 is 1.95 bits per heavy atom. The van der Waals surface area contributed by atoms with E-state index in [1.807, 2.05) is 12.1 Å². The van der Waals surface area contributed by atoms with Gasteiger partial charge in [-0.15, -0.1) is 0 Å². The molecule has 0 aliphatic carbocycles. The number of aliphatic hydroxyl groups excluding tert-OH is 1. The van der Waals surface area contributed by atoms with Crippen LogP contribution >= 0.6 is 15.9 Å². The summed E-state index contributed by atoms with van der Waals surface area (Å²) in [5, 5.41) is 14.0. The van der Waals surface area contributed by atoms with Gasteiger partial charge in [-0.25, -0.2) is 0 Å². The summed E-state index contributed by atoms with van der Waals surface area (Å²) in [6, 6.07) is 3.76. The summed E-state index contributed by atoms with van der Waals surface area (Å²) in [6.45, 7) is 3.18. The molecule has 0 saturated carbocycles. The number of ether oxygens (including phenoxy) is 2. The molecule has 1 aromatic rings. The zero-order valence-electron chi connectivity index (χ0n) is 12.1. The maximum Gasteiger partial charge on any atom is 0.161 e. The van der Waals surface area contributed by atoms with Crippen LogP contribution in [0.1, 0.15) is 31.4 Å². The molecule has 0 amide bonds. The predicted octanol–water partition coefficient (Wildman–Crippen LogP) is 2.89. The van der Waals surface area contributed by atoms with Crippen LogP contribution in [0.3, 0.4) is 0 Å². The van der Waals surface area contributed by atoms with Crippen LogP contribution in [0.15, 0.2) is 16.6 Å². The molecule has 1 fully saturated rings. The molecule has 1 aromatic carbocycles. The maximum absolute atomic E-state index is 10.6. The minimum atomic E-state index is -0.563. The molecule has 2 rings (SSSR count). The van der Waals surface area contributed by atoms with Gasteiger partial charge in [0.25, 0.3) is 0 Å². The monoisotopic (exact) mass is 343 g/mol. The Kier molecular flexibility index (Phi) is 5.29. The fourth-order valence-corrected chi connectivity index (χ4v) is 3.26. The molecular weight excluding hydrogens is 322 g/mol. The van der Waals surface area contributed by atoms with Gasteiger partial charge in [0.05, 0.1) is 20.3 Å². The highest BCUT2D eigenvalue weighted by Crippen LogP contribution is 2.38. The topological polar surface area (TPSA) is 50.7 Å². The minimum Gasteiger partial charge on any atom is -0.493 e. The van der Waals surface area contributed by atoms with E-state index in [1.54, 1.807) is 14.2 Å². The van der Waals surface area contributed by atoms with Gasteiger partial charge in [0.15, 0.2) is 11.5 Å². The number of aliphatic hydroxyl groups is 1. The maximum atomic E-state index is 10.6. The first-order chi connectivity index (χ1) is 9.56. The van der Waals surface area contributed by atoms with E-state index < -0.39 is 6.10 Å². The molecule has 4 nitrogen and oxygen atoms in total. The third-order valence-electron chi connectivity index (χ3n) is 3.90. The van der Waals surface area contributed by atoms with Crippen LogP contribution < -0.4 is 14.8 Å². The summed E-state index contributed by atoms with van der Waals surface area (Å²) < 4.78 is 11.4. The van der Waals surface area contributed by atoms with Crippen molar-refractivity contribution in [2.45, 2.75) is 31.9 Å². The fraction of sp³-hybridized carbons (Fsp3) is 0.600. The molecular formula is C15H22BrNO3. The lowest BCUT2D eigenvalue weighted by Crippen LogP contribution is -2.41. The van der Waals surface area contributed by atoms with Crippen molar-refractivity contribution < 1.29 is 14.6 Å². The number of methoxy groups -OCH3 is 2. The molecule has 112 valence electrons. The van der Waals surface area contributed by atoms with E-state index in [0.29, 0.717) is 17.4 Å². The van der Waals surface area contributed by atoms with Gasteiger partial charge in [0, 0.05) is 16.1 Å². The lowest BCUT2D eigenvalue weighted by Gasteiger charge is -2.32. The summed E-state index contributed by atoms with van der Waals surface area (Å²) in [6.07, 6.45) is 1.57. The summed E-state index contributed by atoms with van der Waals surface area (Å²) in [7, 11) is 3.20. The molecule has 0 bridgehead atoms. The summed E-state index contributed by atoms with van der Waals surface area (Å²) in [5.74, 6) is 1.92. The van der Waals surface area contributed by atoms with Gasteiger partial charge in [0.2, 0.25) is 0 Å². The van der Waals surface area contributed by atoms with Crippen molar-refractivity contribution in [3.8, 4) is 11.5 Å². The second-order valence-corrected chi connectivity index (χ2v) is 6.22. The first-order valence-corrected chi connectivity index (χ1v) is 7.69. The smallest absolute Gasteiger partial charge is 0.161 e. The van der Waals surface area contributed by atoms with Gasteiger partial charge in [0.1, 0.15) is 0 Å². The van der Waals surface area contributed by atoms with Crippen LogP contribution in [-0.2, 0) is 0 Å². The Labute approximate surface area is 128 Å². The van der Waals surface area contributed by atoms with Gasteiger partial charge >= 0.3 is 0 Å². The van der Waals surface area contributed by atoms with Crippen molar-refractivity contribution >= 4 is 15.9 Å². The number of hydrogen-bond donors (Lipinski definition) is 2. The zero-order valence-corrected chi connectivity index (χ0v) is 13.7. The van der Waals surface area contributed by atoms with E-state index in [1.165, 1.54) is 0 Å². The summed E-state index contributed by atoms with van der Waals surface area (Å²) in [5.41, 5.74) is 0.828. The van der Waals surface area contributed by atoms with Crippen LogP contribution in [0.25, 0.3) is 0 Å². The largest absolute Gasteiger partial charge is 0.493 e. The average Bonchev–Trinajstić information content (AvgIpc) is 2.46. The number of rotatable bonds is 4. The van der Waals surface area contributed by atoms with Gasteiger partial charge in [-0.05, 0) is 37.4 Å². The van der Waals surface area contributed by atoms with Gasteiger partial charge in [-0.1, -0.05) is 22.9 Å². The van der Waals surface area contributed by atoms with E-state index in [0.717, 1.165) is 29.4 Å². The quantitative estimate of drug-likeness (QED) is 0.882. The molecule has 0 spiro atoms. The SMILES string of the molecule is COc1cc(Br)c(C(O)C2CC(C)CCN2)cc1OC. The first kappa shape index (κ1) is 15.6. The van der Waals surface area contributed by atoms with Crippen LogP contribution in [0.5, 0.6) is 11.5 Å². The Morgan fingerprint density at radius 3 is 2.55 bits per heavy atom. The van der Waals surface area contributed by atoms with Crippen LogP contribution in [-0.4, -0.2) is 31.9 Å². The molecule has 20 heavy (non-hydrogen) atoms. The third kappa shape index (κ3) is 3.27. The molecule has 2 N–H and O–H groups in total. The first-order valence-electron chi connectivity index (χ1n) is 6.89. The second kappa shape index (κ2) is 6.78. The minimum absolute atomic E-state index is 0.0770. The number of hydrogen-bond acceptors (Lipinski definition) is 4. The van der Waals surface area contributed by atoms with Crippen LogP contribution in [0.2, 0.25) is 0 Å². The highest BCUT2D eigenvalue weighted by atomic mass is 79.9. The molecule has 1 saturated heterocycles. The second-order valence-electron chi connectivity index (χ2n) is 5.36. The van der Waals surface area contributed by atoms with Crippen molar-refractivity contribution in [3.63, 3.8) is 0 Å². The van der Waals surface area contributed by atoms with Crippen molar-refractivity contribution in [2.75, 3.05) is 20.8 Å². The number of piperidine rings is 1. The van der Waals surface area contributed by atoms with Gasteiger partial charge < -0.3 is 19.9 Å². The fourth-order valence-electron chi connectivity index (χ4n) is 2.70. The average molecular weight is 344 g/mol. The molecule has 0 aromatic heterocycles. The Morgan fingerprint density at radius 1 is 1.30 bits per heavy atom. The summed E-state index contributed by atoms with van der Waals surface area (Å²) >= 11 is 3.51. The summed E-state index contributed by atoms with van der Waals surface area (Å²) in [4.78, 5) is 0. The lowest BCUT2D eigenvalue weighted by molar-refractivity contribution is 0.100. The number of halogens is 1. The highest BCUT2D eigenvalue weighted by Gasteiger charge is 2.28. The normalized spacial score (nSPS) is 24.2. The van der Waals surface area contributed by atoms with Gasteiger partial charge in [-0.2, -0.15) is 0 Å². The Bertz CT molecular complexity index is 467. The number of nitrogens with one attached hydrogen (secondary N) is 1. The Balaban J connectivity index is 2.26. The van der Waals surface area contributed by atoms with Crippen molar-refractivity contribution in [1.82, 2.24) is 5.32 Å². The molecule has 3 atom stereocenters. The van der Waals surface area contributed by atoms with E-state index in [9.17, 15) is 5.11 Å². The van der Waals surface area contributed by atoms with Crippen molar-refractivity contribution in [1.29, 1.82) is 0 Å². The number of benzene rings is 1. The molecule has 1 heterocycles. The lowest BCUT2D eigenvalue weighted by atomic mass is 9.88. The standard InChI is InChI=1S/C15H22BrNO3/c1-9-4-5-17-12(6-9)15(18)10-7-13(19-2)14(20-3)8-11(10)16/h7-9,12,15,17-18H,4-6H2,1-3H3. The van der Waals surface area contributed by atoms with Crippen molar-refractivity contribution in [2.24, 2.45) is 5.92 Å². The van der Waals surface area contributed by atoms with Crippen molar-refractivity contribution in [3.05, 3.63) is 22.2 Å². The van der Waals surface area contributed by atoms with E-state index in [4.69, 9.17) is 9.47 Å². The van der Waals surface area contributed by atoms with E-state index in [2.05, 4.69) is 28.2 Å². The van der Waals surface area contributed by atoms with E-state index in [-0.39, 0.29) is 6.04 Å². The van der Waals surface area contributed by atoms with Crippen LogP contribution in [0, 0.1) is 5.92 Å². The molecule has 0 radical (unpaired) electrons. The highest BCUT2D eigenvalue weighted by molar-refractivity contribution is 9.10. The predicted molar refractivity (Wildman–Crippen MR) is 82.4 cm³/mol. The van der Waals surface area contributed by atoms with E-state index >= 15 is 0 Å². The third-order valence-corrected chi connectivity index (χ3v) is 4.59. The van der Waals surface area contributed by atoms with Gasteiger partial charge in [-0.3, -0.25) is 0 Å². The Hall–Kier alpha value is -0.780. The molecule has 1 aliphatic heterocycles. The molecule has 3 unspecified atom stereocenters. The zero-order chi connectivity index (χ0) is 14.7. The molecule has 1 aliphatic rings.